The fourth-order valence-electron chi connectivity index (χ4n) is 2.30. The number of hydrogen-bond acceptors (Lipinski definition) is 4. The average Bonchev–Trinajstić information content (AvgIpc) is 3.28. The highest BCUT2D eigenvalue weighted by atomic mass is 16.5. The molecule has 1 saturated carbocycles. The number of hydrogen-bond donors (Lipinski definition) is 2. The molecule has 2 fully saturated rings. The smallest absolute Gasteiger partial charge is 0.245 e. The molecule has 0 aromatic rings. The summed E-state index contributed by atoms with van der Waals surface area (Å²) in [6.07, 6.45) is 2.90. The van der Waals surface area contributed by atoms with Crippen molar-refractivity contribution in [3.05, 3.63) is 0 Å². The molecule has 3 atom stereocenters. The Morgan fingerprint density at radius 1 is 1.45 bits per heavy atom. The molecule has 6 nitrogen and oxygen atoms in total. The summed E-state index contributed by atoms with van der Waals surface area (Å²) in [7, 11) is 0. The lowest BCUT2D eigenvalue weighted by Gasteiger charge is -2.37. The van der Waals surface area contributed by atoms with E-state index in [0.717, 1.165) is 19.3 Å². The number of carbonyl (C=O) groups excluding carboxylic acids is 2. The second kappa shape index (κ2) is 6.54. The average molecular weight is 283 g/mol. The van der Waals surface area contributed by atoms with E-state index in [1.165, 1.54) is 0 Å². The zero-order valence-corrected chi connectivity index (χ0v) is 12.3. The van der Waals surface area contributed by atoms with Gasteiger partial charge < -0.3 is 20.7 Å². The van der Waals surface area contributed by atoms with Gasteiger partial charge in [0.15, 0.2) is 0 Å². The molecule has 0 aromatic carbocycles. The Balaban J connectivity index is 2.01. The molecule has 20 heavy (non-hydrogen) atoms. The highest BCUT2D eigenvalue weighted by Crippen LogP contribution is 2.20. The number of nitrogens with one attached hydrogen (secondary N) is 1. The summed E-state index contributed by atoms with van der Waals surface area (Å²) in [6, 6.07) is -0.800. The van der Waals surface area contributed by atoms with E-state index in [9.17, 15) is 9.59 Å². The number of amides is 2. The van der Waals surface area contributed by atoms with Crippen LogP contribution in [0.25, 0.3) is 0 Å². The molecule has 0 radical (unpaired) electrons. The summed E-state index contributed by atoms with van der Waals surface area (Å²) in [5.41, 5.74) is 6.01. The first-order valence-corrected chi connectivity index (χ1v) is 7.48. The van der Waals surface area contributed by atoms with Crippen LogP contribution in [0.1, 0.15) is 33.1 Å². The summed E-state index contributed by atoms with van der Waals surface area (Å²) in [5.74, 6) is -0.145. The number of carbonyl (C=O) groups is 2. The third kappa shape index (κ3) is 3.49. The van der Waals surface area contributed by atoms with Gasteiger partial charge in [0.05, 0.1) is 19.3 Å². The molecule has 2 rings (SSSR count). The van der Waals surface area contributed by atoms with E-state index in [4.69, 9.17) is 10.5 Å². The Hall–Kier alpha value is -1.14. The molecule has 1 saturated heterocycles. The Morgan fingerprint density at radius 2 is 2.15 bits per heavy atom. The van der Waals surface area contributed by atoms with Crippen molar-refractivity contribution in [2.24, 2.45) is 11.7 Å². The van der Waals surface area contributed by atoms with Crippen molar-refractivity contribution in [1.82, 2.24) is 10.2 Å². The minimum Gasteiger partial charge on any atom is -0.377 e. The second-order valence-electron chi connectivity index (χ2n) is 5.82. The van der Waals surface area contributed by atoms with Crippen LogP contribution >= 0.6 is 0 Å². The molecule has 6 heteroatoms. The number of nitrogens with zero attached hydrogens (tertiary/aromatic N) is 1. The molecule has 114 valence electrons. The number of ether oxygens (including phenoxy) is 1. The maximum absolute atomic E-state index is 12.5. The van der Waals surface area contributed by atoms with Crippen molar-refractivity contribution in [3.8, 4) is 0 Å². The van der Waals surface area contributed by atoms with E-state index in [1.54, 1.807) is 4.90 Å². The minimum atomic E-state index is -0.547. The Labute approximate surface area is 120 Å². The van der Waals surface area contributed by atoms with E-state index in [2.05, 4.69) is 5.32 Å². The molecule has 2 aliphatic rings. The second-order valence-corrected chi connectivity index (χ2v) is 5.82. The molecule has 0 spiro atoms. The molecule has 1 aliphatic heterocycles. The van der Waals surface area contributed by atoms with Gasteiger partial charge in [-0.15, -0.1) is 0 Å². The third-order valence-electron chi connectivity index (χ3n) is 4.18. The fraction of sp³-hybridized carbons (Fsp3) is 0.857. The summed E-state index contributed by atoms with van der Waals surface area (Å²) < 4.78 is 5.36. The summed E-state index contributed by atoms with van der Waals surface area (Å²) in [5, 5.41) is 2.94. The molecule has 0 aromatic heterocycles. The van der Waals surface area contributed by atoms with Gasteiger partial charge in [-0.2, -0.15) is 0 Å². The molecule has 2 amide bonds. The predicted octanol–water partition coefficient (Wildman–Crippen LogP) is -0.134. The Kier molecular flexibility index (Phi) is 4.99. The van der Waals surface area contributed by atoms with Gasteiger partial charge in [0, 0.05) is 12.6 Å². The molecule has 1 aliphatic carbocycles. The number of rotatable bonds is 5. The SMILES string of the molecule is CC[C@H](C)[C@H](N)C(=O)N1CCOCC1C(=O)NC1CC1. The highest BCUT2D eigenvalue weighted by Gasteiger charge is 2.37. The van der Waals surface area contributed by atoms with Gasteiger partial charge in [0.2, 0.25) is 11.8 Å². The maximum atomic E-state index is 12.5. The van der Waals surface area contributed by atoms with Gasteiger partial charge in [-0.3, -0.25) is 9.59 Å². The quantitative estimate of drug-likeness (QED) is 0.736. The zero-order chi connectivity index (χ0) is 14.7. The van der Waals surface area contributed by atoms with Crippen LogP contribution in [0, 0.1) is 5.92 Å². The molecule has 0 bridgehead atoms. The molecular weight excluding hydrogens is 258 g/mol. The lowest BCUT2D eigenvalue weighted by atomic mass is 9.98. The summed E-state index contributed by atoms with van der Waals surface area (Å²) in [6.45, 7) is 5.13. The van der Waals surface area contributed by atoms with Gasteiger partial charge >= 0.3 is 0 Å². The van der Waals surface area contributed by atoms with Crippen LogP contribution in [0.15, 0.2) is 0 Å². The van der Waals surface area contributed by atoms with Crippen molar-refractivity contribution >= 4 is 11.8 Å². The highest BCUT2D eigenvalue weighted by molar-refractivity contribution is 5.90. The van der Waals surface area contributed by atoms with Crippen molar-refractivity contribution in [3.63, 3.8) is 0 Å². The normalized spacial score (nSPS) is 25.9. The van der Waals surface area contributed by atoms with Crippen LogP contribution < -0.4 is 11.1 Å². The monoisotopic (exact) mass is 283 g/mol. The lowest BCUT2D eigenvalue weighted by Crippen LogP contribution is -2.60. The van der Waals surface area contributed by atoms with E-state index in [-0.39, 0.29) is 30.4 Å². The first-order chi connectivity index (χ1) is 9.54. The van der Waals surface area contributed by atoms with Gasteiger partial charge in [-0.25, -0.2) is 0 Å². The van der Waals surface area contributed by atoms with Crippen LogP contribution in [0.2, 0.25) is 0 Å². The van der Waals surface area contributed by atoms with Crippen LogP contribution in [0.3, 0.4) is 0 Å². The molecule has 1 heterocycles. The topological polar surface area (TPSA) is 84.7 Å². The van der Waals surface area contributed by atoms with Crippen molar-refractivity contribution in [1.29, 1.82) is 0 Å². The molecular formula is C14H25N3O3. The van der Waals surface area contributed by atoms with Gasteiger partial charge in [-0.1, -0.05) is 20.3 Å². The first kappa shape index (κ1) is 15.3. The van der Waals surface area contributed by atoms with Gasteiger partial charge in [0.25, 0.3) is 0 Å². The van der Waals surface area contributed by atoms with E-state index in [1.807, 2.05) is 13.8 Å². The Bertz CT molecular complexity index is 371. The standard InChI is InChI=1S/C14H25N3O3/c1-3-9(2)12(15)14(19)17-6-7-20-8-11(17)13(18)16-10-4-5-10/h9-12H,3-8,15H2,1-2H3,(H,16,18)/t9-,11?,12-/m0/s1. The molecule has 3 N–H and O–H groups in total. The van der Waals surface area contributed by atoms with Crippen LogP contribution in [-0.4, -0.2) is 54.6 Å². The first-order valence-electron chi connectivity index (χ1n) is 7.48. The van der Waals surface area contributed by atoms with Gasteiger partial charge in [-0.05, 0) is 18.8 Å². The largest absolute Gasteiger partial charge is 0.377 e. The Morgan fingerprint density at radius 3 is 2.75 bits per heavy atom. The molecule has 1 unspecified atom stereocenters. The van der Waals surface area contributed by atoms with Crippen molar-refractivity contribution in [2.45, 2.75) is 51.2 Å². The minimum absolute atomic E-state index is 0.109. The zero-order valence-electron chi connectivity index (χ0n) is 12.3. The lowest BCUT2D eigenvalue weighted by molar-refractivity contribution is -0.150. The van der Waals surface area contributed by atoms with Crippen molar-refractivity contribution in [2.75, 3.05) is 19.8 Å². The predicted molar refractivity (Wildman–Crippen MR) is 74.9 cm³/mol. The van der Waals surface area contributed by atoms with E-state index in [0.29, 0.717) is 13.2 Å². The summed E-state index contributed by atoms with van der Waals surface area (Å²) >= 11 is 0. The fourth-order valence-corrected chi connectivity index (χ4v) is 2.30. The van der Waals surface area contributed by atoms with Crippen LogP contribution in [0.4, 0.5) is 0 Å². The van der Waals surface area contributed by atoms with Crippen LogP contribution in [-0.2, 0) is 14.3 Å². The number of nitrogens with two attached hydrogens (primary N) is 1. The van der Waals surface area contributed by atoms with Crippen LogP contribution in [0.5, 0.6) is 0 Å². The maximum Gasteiger partial charge on any atom is 0.245 e. The van der Waals surface area contributed by atoms with E-state index < -0.39 is 12.1 Å². The van der Waals surface area contributed by atoms with Crippen molar-refractivity contribution < 1.29 is 14.3 Å². The number of morpholine rings is 1. The third-order valence-corrected chi connectivity index (χ3v) is 4.18. The van der Waals surface area contributed by atoms with Gasteiger partial charge in [0.1, 0.15) is 6.04 Å². The summed E-state index contributed by atoms with van der Waals surface area (Å²) in [4.78, 5) is 26.3. The van der Waals surface area contributed by atoms with E-state index >= 15 is 0 Å².